The van der Waals surface area contributed by atoms with Crippen LogP contribution >= 0.6 is 11.8 Å². The number of thioether (sulfide) groups is 1. The maximum absolute atomic E-state index is 10.8. The van der Waals surface area contributed by atoms with Crippen molar-refractivity contribution in [2.45, 2.75) is 36.0 Å². The van der Waals surface area contributed by atoms with E-state index < -0.39 is 12.0 Å². The van der Waals surface area contributed by atoms with Crippen molar-refractivity contribution in [3.05, 3.63) is 17.7 Å². The minimum absolute atomic E-state index is 0.0347. The highest BCUT2D eigenvalue weighted by atomic mass is 32.2. The molecule has 0 aromatic heterocycles. The van der Waals surface area contributed by atoms with Crippen molar-refractivity contribution in [3.63, 3.8) is 0 Å². The molecule has 1 aromatic rings. The van der Waals surface area contributed by atoms with Crippen LogP contribution in [0.15, 0.2) is 17.0 Å². The van der Waals surface area contributed by atoms with Gasteiger partial charge in [0.15, 0.2) is 0 Å². The fourth-order valence-corrected chi connectivity index (χ4v) is 3.24. The molecule has 0 amide bonds. The third-order valence-electron chi connectivity index (χ3n) is 2.99. The van der Waals surface area contributed by atoms with Gasteiger partial charge in [-0.1, -0.05) is 0 Å². The lowest BCUT2D eigenvalue weighted by Crippen LogP contribution is -2.32. The van der Waals surface area contributed by atoms with Crippen LogP contribution in [0.2, 0.25) is 0 Å². The molecule has 1 unspecified atom stereocenters. The zero-order valence-electron chi connectivity index (χ0n) is 10.9. The van der Waals surface area contributed by atoms with Crippen molar-refractivity contribution in [2.75, 3.05) is 11.9 Å². The smallest absolute Gasteiger partial charge is 0.320 e. The fraction of sp³-hybridized carbons (Fsp3) is 0.462. The van der Waals surface area contributed by atoms with Crippen molar-refractivity contribution in [1.29, 1.82) is 0 Å². The first-order valence-corrected chi connectivity index (χ1v) is 6.87. The highest BCUT2D eigenvalue weighted by Crippen LogP contribution is 2.45. The molecule has 0 spiro atoms. The molecule has 0 fully saturated rings. The first kappa shape index (κ1) is 14.0. The van der Waals surface area contributed by atoms with E-state index in [0.717, 1.165) is 22.7 Å². The largest absolute Gasteiger partial charge is 0.506 e. The van der Waals surface area contributed by atoms with Crippen LogP contribution < -0.4 is 11.1 Å². The quantitative estimate of drug-likeness (QED) is 0.630. The van der Waals surface area contributed by atoms with Crippen LogP contribution in [0.25, 0.3) is 0 Å². The zero-order valence-corrected chi connectivity index (χ0v) is 11.8. The molecule has 5 nitrogen and oxygen atoms in total. The van der Waals surface area contributed by atoms with E-state index >= 15 is 0 Å². The number of phenolic OH excluding ortho intramolecular Hbond substituents is 1. The Morgan fingerprint density at radius 1 is 1.58 bits per heavy atom. The topological polar surface area (TPSA) is 95.6 Å². The second kappa shape index (κ2) is 4.94. The van der Waals surface area contributed by atoms with E-state index in [1.165, 1.54) is 0 Å². The van der Waals surface area contributed by atoms with Gasteiger partial charge in [0.25, 0.3) is 0 Å². The van der Waals surface area contributed by atoms with Crippen molar-refractivity contribution in [2.24, 2.45) is 5.73 Å². The Kier molecular flexibility index (Phi) is 3.64. The van der Waals surface area contributed by atoms with Gasteiger partial charge in [0.05, 0.1) is 5.69 Å². The van der Waals surface area contributed by atoms with Gasteiger partial charge >= 0.3 is 5.97 Å². The lowest BCUT2D eigenvalue weighted by atomic mass is 10.0. The average molecular weight is 282 g/mol. The number of anilines is 1. The van der Waals surface area contributed by atoms with Crippen molar-refractivity contribution in [1.82, 2.24) is 0 Å². The Labute approximate surface area is 116 Å². The molecule has 1 aromatic carbocycles. The first-order chi connectivity index (χ1) is 8.78. The summed E-state index contributed by atoms with van der Waals surface area (Å²) in [6, 6.07) is 2.52. The van der Waals surface area contributed by atoms with Gasteiger partial charge in [-0.2, -0.15) is 0 Å². The van der Waals surface area contributed by atoms with Gasteiger partial charge in [-0.15, -0.1) is 11.8 Å². The third-order valence-corrected chi connectivity index (χ3v) is 4.23. The molecule has 0 bridgehead atoms. The fourth-order valence-electron chi connectivity index (χ4n) is 2.01. The number of aliphatic carboxylic acids is 1. The Balaban J connectivity index is 2.29. The van der Waals surface area contributed by atoms with Crippen LogP contribution in [0.4, 0.5) is 5.69 Å². The first-order valence-electron chi connectivity index (χ1n) is 6.06. The molecular weight excluding hydrogens is 264 g/mol. The minimum Gasteiger partial charge on any atom is -0.506 e. The zero-order chi connectivity index (χ0) is 14.2. The number of carboxylic acid groups (broad SMARTS) is 1. The lowest BCUT2D eigenvalue weighted by molar-refractivity contribution is -0.138. The van der Waals surface area contributed by atoms with E-state index in [-0.39, 0.29) is 16.9 Å². The van der Waals surface area contributed by atoms with E-state index in [1.54, 1.807) is 17.8 Å². The van der Waals surface area contributed by atoms with Gasteiger partial charge < -0.3 is 21.3 Å². The Morgan fingerprint density at radius 3 is 2.89 bits per heavy atom. The van der Waals surface area contributed by atoms with Crippen molar-refractivity contribution in [3.8, 4) is 5.75 Å². The minimum atomic E-state index is -1.04. The predicted molar refractivity (Wildman–Crippen MR) is 75.8 cm³/mol. The Bertz CT molecular complexity index is 517. The van der Waals surface area contributed by atoms with Crippen LogP contribution in [0.3, 0.4) is 0 Å². The van der Waals surface area contributed by atoms with E-state index in [0.29, 0.717) is 0 Å². The van der Waals surface area contributed by atoms with Gasteiger partial charge in [-0.25, -0.2) is 0 Å². The summed E-state index contributed by atoms with van der Waals surface area (Å²) in [5.74, 6) is -0.892. The summed E-state index contributed by atoms with van der Waals surface area (Å²) >= 11 is 1.67. The van der Waals surface area contributed by atoms with Crippen LogP contribution in [-0.4, -0.2) is 33.5 Å². The summed E-state index contributed by atoms with van der Waals surface area (Å²) in [4.78, 5) is 11.7. The van der Waals surface area contributed by atoms with E-state index in [9.17, 15) is 9.90 Å². The molecule has 0 radical (unpaired) electrons. The SMILES string of the molecule is CC1(C)CNc2c(O)cc(CC(N)C(=O)O)cc2S1. The highest BCUT2D eigenvalue weighted by molar-refractivity contribution is 8.00. The highest BCUT2D eigenvalue weighted by Gasteiger charge is 2.28. The molecule has 1 heterocycles. The Hall–Kier alpha value is -1.40. The molecule has 19 heavy (non-hydrogen) atoms. The molecule has 5 N–H and O–H groups in total. The van der Waals surface area contributed by atoms with Crippen molar-refractivity contribution >= 4 is 23.4 Å². The number of benzene rings is 1. The molecule has 1 aliphatic heterocycles. The van der Waals surface area contributed by atoms with Crippen LogP contribution in [-0.2, 0) is 11.2 Å². The Morgan fingerprint density at radius 2 is 2.26 bits per heavy atom. The molecule has 1 atom stereocenters. The summed E-state index contributed by atoms with van der Waals surface area (Å²) in [5.41, 5.74) is 6.98. The summed E-state index contributed by atoms with van der Waals surface area (Å²) in [5, 5.41) is 22.0. The number of rotatable bonds is 3. The van der Waals surface area contributed by atoms with Gasteiger partial charge in [-0.05, 0) is 38.0 Å². The molecule has 6 heteroatoms. The number of hydrogen-bond acceptors (Lipinski definition) is 5. The molecule has 0 aliphatic carbocycles. The molecule has 2 rings (SSSR count). The number of nitrogens with one attached hydrogen (secondary N) is 1. The number of aromatic hydroxyl groups is 1. The standard InChI is InChI=1S/C13H18N2O3S/c1-13(2)6-15-11-9(16)4-7(5-10(11)19-13)3-8(14)12(17)18/h4-5,8,15-16H,3,6,14H2,1-2H3,(H,17,18). The van der Waals surface area contributed by atoms with Crippen LogP contribution in [0.5, 0.6) is 5.75 Å². The van der Waals surface area contributed by atoms with Gasteiger partial charge in [0.1, 0.15) is 11.8 Å². The lowest BCUT2D eigenvalue weighted by Gasteiger charge is -2.32. The molecule has 0 saturated heterocycles. The molecule has 0 saturated carbocycles. The van der Waals surface area contributed by atoms with E-state index in [4.69, 9.17) is 10.8 Å². The number of carboxylic acids is 1. The summed E-state index contributed by atoms with van der Waals surface area (Å²) in [7, 11) is 0. The molecular formula is C13H18N2O3S. The molecule has 104 valence electrons. The predicted octanol–water partition coefficient (Wildman–Crippen LogP) is 1.64. The number of carbonyl (C=O) groups is 1. The summed E-state index contributed by atoms with van der Waals surface area (Å²) in [6.45, 7) is 4.99. The number of fused-ring (bicyclic) bond motifs is 1. The summed E-state index contributed by atoms with van der Waals surface area (Å²) < 4.78 is 0.0347. The van der Waals surface area contributed by atoms with E-state index in [2.05, 4.69) is 19.2 Å². The molecule has 1 aliphatic rings. The van der Waals surface area contributed by atoms with Gasteiger partial charge in [-0.3, -0.25) is 4.79 Å². The third kappa shape index (κ3) is 3.13. The van der Waals surface area contributed by atoms with Gasteiger partial charge in [0.2, 0.25) is 0 Å². The normalized spacial score (nSPS) is 18.3. The average Bonchev–Trinajstić information content (AvgIpc) is 2.26. The van der Waals surface area contributed by atoms with E-state index in [1.807, 2.05) is 6.07 Å². The van der Waals surface area contributed by atoms with Crippen LogP contribution in [0.1, 0.15) is 19.4 Å². The number of phenols is 1. The number of hydrogen-bond donors (Lipinski definition) is 4. The maximum Gasteiger partial charge on any atom is 0.320 e. The number of nitrogens with two attached hydrogens (primary N) is 1. The van der Waals surface area contributed by atoms with Gasteiger partial charge in [0, 0.05) is 16.2 Å². The van der Waals surface area contributed by atoms with Crippen molar-refractivity contribution < 1.29 is 15.0 Å². The summed E-state index contributed by atoms with van der Waals surface area (Å²) in [6.07, 6.45) is 0.206. The second-order valence-corrected chi connectivity index (χ2v) is 7.10. The monoisotopic (exact) mass is 282 g/mol. The van der Waals surface area contributed by atoms with Crippen LogP contribution in [0, 0.1) is 0 Å². The second-order valence-electron chi connectivity index (χ2n) is 5.35. The maximum atomic E-state index is 10.8.